The number of para-hydroxylation sites is 1. The zero-order valence-corrected chi connectivity index (χ0v) is 17.4. The molecule has 0 unspecified atom stereocenters. The average Bonchev–Trinajstić information content (AvgIpc) is 3.24. The minimum absolute atomic E-state index is 0.0741. The minimum Gasteiger partial charge on any atom is -0.497 e. The summed E-state index contributed by atoms with van der Waals surface area (Å²) in [6.07, 6.45) is 0. The summed E-state index contributed by atoms with van der Waals surface area (Å²) in [6.45, 7) is 3.87. The Labute approximate surface area is 176 Å². The molecule has 0 aliphatic carbocycles. The van der Waals surface area contributed by atoms with Crippen LogP contribution in [0.4, 0.5) is 5.13 Å². The lowest BCUT2D eigenvalue weighted by Gasteiger charge is -2.22. The Bertz CT molecular complexity index is 1330. The van der Waals surface area contributed by atoms with E-state index in [9.17, 15) is 9.59 Å². The van der Waals surface area contributed by atoms with Crippen LogP contribution in [0, 0.1) is 13.8 Å². The summed E-state index contributed by atoms with van der Waals surface area (Å²) in [6, 6.07) is 13.7. The van der Waals surface area contributed by atoms with Gasteiger partial charge in [0.2, 0.25) is 5.76 Å². The van der Waals surface area contributed by atoms with Crippen LogP contribution in [-0.4, -0.2) is 18.0 Å². The number of rotatable bonds is 3. The fraction of sp³-hybridized carbons (Fsp3) is 0.174. The molecule has 0 spiro atoms. The Balaban J connectivity index is 1.79. The zero-order chi connectivity index (χ0) is 21.0. The van der Waals surface area contributed by atoms with Gasteiger partial charge in [-0.05, 0) is 43.7 Å². The second-order valence-electron chi connectivity index (χ2n) is 7.16. The molecular formula is C23H18N2O4S. The number of amides is 1. The first-order valence-electron chi connectivity index (χ1n) is 9.47. The van der Waals surface area contributed by atoms with Crippen LogP contribution in [0.3, 0.4) is 0 Å². The number of benzene rings is 2. The van der Waals surface area contributed by atoms with Crippen molar-refractivity contribution in [1.29, 1.82) is 0 Å². The molecule has 4 aromatic rings. The van der Waals surface area contributed by atoms with Gasteiger partial charge in [-0.1, -0.05) is 24.3 Å². The van der Waals surface area contributed by atoms with Crippen molar-refractivity contribution in [2.75, 3.05) is 12.0 Å². The normalized spacial score (nSPS) is 15.6. The van der Waals surface area contributed by atoms with Gasteiger partial charge in [0.15, 0.2) is 10.6 Å². The molecule has 1 amide bonds. The number of anilines is 1. The SMILES string of the molecule is COc1ccc([C@H]2c3c(oc4ccccc4c3=O)C(=O)N2c2nc(C)c(C)s2)cc1. The zero-order valence-electron chi connectivity index (χ0n) is 16.6. The predicted octanol–water partition coefficient (Wildman–Crippen LogP) is 4.62. The van der Waals surface area contributed by atoms with E-state index in [0.717, 1.165) is 16.1 Å². The summed E-state index contributed by atoms with van der Waals surface area (Å²) >= 11 is 1.43. The third-order valence-electron chi connectivity index (χ3n) is 5.43. The Morgan fingerprint density at radius 2 is 1.80 bits per heavy atom. The second-order valence-corrected chi connectivity index (χ2v) is 8.34. The number of aromatic nitrogens is 1. The molecule has 0 fully saturated rings. The summed E-state index contributed by atoms with van der Waals surface area (Å²) in [5.74, 6) is 0.411. The maximum atomic E-state index is 13.5. The quantitative estimate of drug-likeness (QED) is 0.485. The molecule has 1 aliphatic heterocycles. The fourth-order valence-electron chi connectivity index (χ4n) is 3.78. The molecule has 1 atom stereocenters. The molecule has 3 heterocycles. The van der Waals surface area contributed by atoms with E-state index in [0.29, 0.717) is 27.4 Å². The average molecular weight is 418 g/mol. The van der Waals surface area contributed by atoms with E-state index >= 15 is 0 Å². The Hall–Kier alpha value is -3.45. The van der Waals surface area contributed by atoms with E-state index in [1.807, 2.05) is 38.1 Å². The molecule has 6 nitrogen and oxygen atoms in total. The number of fused-ring (bicyclic) bond motifs is 2. The van der Waals surface area contributed by atoms with Crippen LogP contribution < -0.4 is 15.1 Å². The van der Waals surface area contributed by atoms with E-state index in [1.165, 1.54) is 11.3 Å². The first-order chi connectivity index (χ1) is 14.5. The van der Waals surface area contributed by atoms with E-state index in [1.54, 1.807) is 36.3 Å². The lowest BCUT2D eigenvalue weighted by Crippen LogP contribution is -2.29. The number of hydrogen-bond acceptors (Lipinski definition) is 6. The molecule has 150 valence electrons. The van der Waals surface area contributed by atoms with Crippen LogP contribution in [0.5, 0.6) is 5.75 Å². The molecule has 2 aromatic carbocycles. The summed E-state index contributed by atoms with van der Waals surface area (Å²) in [7, 11) is 1.59. The van der Waals surface area contributed by atoms with E-state index in [4.69, 9.17) is 9.15 Å². The monoisotopic (exact) mass is 418 g/mol. The van der Waals surface area contributed by atoms with Crippen LogP contribution in [-0.2, 0) is 0 Å². The smallest absolute Gasteiger partial charge is 0.297 e. The molecule has 0 bridgehead atoms. The van der Waals surface area contributed by atoms with Crippen molar-refractivity contribution in [2.24, 2.45) is 0 Å². The van der Waals surface area contributed by atoms with Crippen molar-refractivity contribution in [2.45, 2.75) is 19.9 Å². The van der Waals surface area contributed by atoms with Gasteiger partial charge in [0.1, 0.15) is 11.3 Å². The highest BCUT2D eigenvalue weighted by Gasteiger charge is 2.45. The van der Waals surface area contributed by atoms with Gasteiger partial charge in [0.25, 0.3) is 5.91 Å². The molecule has 7 heteroatoms. The summed E-state index contributed by atoms with van der Waals surface area (Å²) < 4.78 is 11.2. The molecule has 5 rings (SSSR count). The molecule has 0 saturated carbocycles. The first-order valence-corrected chi connectivity index (χ1v) is 10.3. The fourth-order valence-corrected chi connectivity index (χ4v) is 4.71. The highest BCUT2D eigenvalue weighted by molar-refractivity contribution is 7.15. The number of carbonyl (C=O) groups excluding carboxylic acids is 1. The largest absolute Gasteiger partial charge is 0.497 e. The van der Waals surface area contributed by atoms with Crippen molar-refractivity contribution >= 4 is 33.3 Å². The topological polar surface area (TPSA) is 72.6 Å². The summed E-state index contributed by atoms with van der Waals surface area (Å²) in [4.78, 5) is 34.1. The number of carbonyl (C=O) groups is 1. The highest BCUT2D eigenvalue weighted by Crippen LogP contribution is 2.43. The third kappa shape index (κ3) is 2.66. The Kier molecular flexibility index (Phi) is 4.22. The lowest BCUT2D eigenvalue weighted by atomic mass is 9.98. The number of hydrogen-bond donors (Lipinski definition) is 0. The Morgan fingerprint density at radius 3 is 2.47 bits per heavy atom. The van der Waals surface area contributed by atoms with E-state index in [-0.39, 0.29) is 17.1 Å². The van der Waals surface area contributed by atoms with Crippen LogP contribution >= 0.6 is 11.3 Å². The first kappa shape index (κ1) is 18.6. The maximum Gasteiger partial charge on any atom is 0.297 e. The van der Waals surface area contributed by atoms with E-state index in [2.05, 4.69) is 4.98 Å². The van der Waals surface area contributed by atoms with Gasteiger partial charge in [-0.3, -0.25) is 14.5 Å². The molecule has 0 radical (unpaired) electrons. The maximum absolute atomic E-state index is 13.5. The van der Waals surface area contributed by atoms with Crippen molar-refractivity contribution in [3.63, 3.8) is 0 Å². The third-order valence-corrected chi connectivity index (χ3v) is 6.50. The van der Waals surface area contributed by atoms with Crippen molar-refractivity contribution in [3.05, 3.63) is 86.2 Å². The molecule has 1 aliphatic rings. The van der Waals surface area contributed by atoms with Gasteiger partial charge in [0.05, 0.1) is 29.8 Å². The summed E-state index contributed by atoms with van der Waals surface area (Å²) in [5, 5.41) is 1.00. The minimum atomic E-state index is -0.621. The van der Waals surface area contributed by atoms with Crippen molar-refractivity contribution < 1.29 is 13.9 Å². The van der Waals surface area contributed by atoms with Gasteiger partial charge in [-0.2, -0.15) is 0 Å². The number of nitrogens with zero attached hydrogens (tertiary/aromatic N) is 2. The number of ether oxygens (including phenoxy) is 1. The lowest BCUT2D eigenvalue weighted by molar-refractivity contribution is 0.0971. The van der Waals surface area contributed by atoms with Gasteiger partial charge >= 0.3 is 0 Å². The van der Waals surface area contributed by atoms with Crippen molar-refractivity contribution in [3.8, 4) is 5.75 Å². The number of methoxy groups -OCH3 is 1. The number of thiazole rings is 1. The Morgan fingerprint density at radius 1 is 1.07 bits per heavy atom. The second kappa shape index (κ2) is 6.81. The highest BCUT2D eigenvalue weighted by atomic mass is 32.1. The van der Waals surface area contributed by atoms with Crippen LogP contribution in [0.2, 0.25) is 0 Å². The molecule has 0 saturated heterocycles. The van der Waals surface area contributed by atoms with Crippen molar-refractivity contribution in [1.82, 2.24) is 4.98 Å². The standard InChI is InChI=1S/C23H18N2O4S/c1-12-13(2)30-23(24-12)25-19(14-8-10-15(28-3)11-9-14)18-20(26)16-6-4-5-7-17(16)29-21(18)22(25)27/h4-11,19H,1-3H3/t19-/m0/s1. The van der Waals surface area contributed by atoms with Gasteiger partial charge in [-0.15, -0.1) is 11.3 Å². The molecule has 2 aromatic heterocycles. The number of aryl methyl sites for hydroxylation is 2. The van der Waals surface area contributed by atoms with Crippen LogP contribution in [0.25, 0.3) is 11.0 Å². The molecule has 0 N–H and O–H groups in total. The summed E-state index contributed by atoms with van der Waals surface area (Å²) in [5.41, 5.74) is 2.19. The van der Waals surface area contributed by atoms with Crippen LogP contribution in [0.1, 0.15) is 38.3 Å². The van der Waals surface area contributed by atoms with Gasteiger partial charge in [-0.25, -0.2) is 4.98 Å². The van der Waals surface area contributed by atoms with Gasteiger partial charge < -0.3 is 9.15 Å². The van der Waals surface area contributed by atoms with Crippen LogP contribution in [0.15, 0.2) is 57.7 Å². The van der Waals surface area contributed by atoms with E-state index < -0.39 is 6.04 Å². The predicted molar refractivity (Wildman–Crippen MR) is 116 cm³/mol. The molecule has 30 heavy (non-hydrogen) atoms. The van der Waals surface area contributed by atoms with Gasteiger partial charge in [0, 0.05) is 4.88 Å². The molecular weight excluding hydrogens is 400 g/mol.